The summed E-state index contributed by atoms with van der Waals surface area (Å²) in [5.41, 5.74) is 2.49. The molecule has 2 aliphatic heterocycles. The van der Waals surface area contributed by atoms with Gasteiger partial charge in [-0.1, -0.05) is 35.9 Å². The number of benzene rings is 2. The summed E-state index contributed by atoms with van der Waals surface area (Å²) in [6.45, 7) is 4.47. The van der Waals surface area contributed by atoms with Crippen molar-refractivity contribution in [2.45, 2.75) is 31.9 Å². The summed E-state index contributed by atoms with van der Waals surface area (Å²) in [7, 11) is 0. The number of rotatable bonds is 5. The first-order chi connectivity index (χ1) is 14.5. The average molecular weight is 428 g/mol. The van der Waals surface area contributed by atoms with E-state index in [9.17, 15) is 9.59 Å². The van der Waals surface area contributed by atoms with Crippen LogP contribution in [0.2, 0.25) is 5.02 Å². The van der Waals surface area contributed by atoms with Crippen LogP contribution in [0.1, 0.15) is 31.4 Å². The first-order valence-corrected chi connectivity index (χ1v) is 10.7. The molecule has 1 N–H and O–H groups in total. The predicted octanol–water partition coefficient (Wildman–Crippen LogP) is 3.87. The van der Waals surface area contributed by atoms with Crippen LogP contribution in [0.5, 0.6) is 0 Å². The van der Waals surface area contributed by atoms with Crippen LogP contribution in [0.4, 0.5) is 11.4 Å². The fourth-order valence-electron chi connectivity index (χ4n) is 4.02. The zero-order chi connectivity index (χ0) is 21.1. The number of amides is 2. The Kier molecular flexibility index (Phi) is 6.37. The number of nitrogens with one attached hydrogen (secondary N) is 1. The summed E-state index contributed by atoms with van der Waals surface area (Å²) in [6.07, 6.45) is 1.30. The van der Waals surface area contributed by atoms with E-state index in [0.29, 0.717) is 43.4 Å². The minimum Gasteiger partial charge on any atom is -0.371 e. The van der Waals surface area contributed by atoms with Gasteiger partial charge in [-0.15, -0.1) is 0 Å². The van der Waals surface area contributed by atoms with Crippen LogP contribution in [0, 0.1) is 0 Å². The maximum Gasteiger partial charge on any atom is 0.241 e. The summed E-state index contributed by atoms with van der Waals surface area (Å²) < 4.78 is 5.92. The lowest BCUT2D eigenvalue weighted by Gasteiger charge is -2.36. The van der Waals surface area contributed by atoms with Gasteiger partial charge in [0.25, 0.3) is 0 Å². The van der Waals surface area contributed by atoms with Crippen molar-refractivity contribution in [3.8, 4) is 0 Å². The molecule has 0 unspecified atom stereocenters. The topological polar surface area (TPSA) is 61.9 Å². The molecule has 4 rings (SSSR count). The Balaban J connectivity index is 1.44. The zero-order valence-corrected chi connectivity index (χ0v) is 17.8. The lowest BCUT2D eigenvalue weighted by atomic mass is 10.1. The van der Waals surface area contributed by atoms with Crippen LogP contribution in [0.15, 0.2) is 48.5 Å². The molecular weight excluding hydrogens is 402 g/mol. The molecule has 30 heavy (non-hydrogen) atoms. The van der Waals surface area contributed by atoms with Crippen molar-refractivity contribution in [2.75, 3.05) is 36.5 Å². The standard InChI is InChI=1S/C23H26ClN3O3/c1-16(26-13-14-30-21(15-26)17-8-10-18(24)11-9-17)23(29)25-19-5-2-3-6-20(19)27-12-4-7-22(27)28/h2-3,5-6,8-11,16,21H,4,7,12-15H2,1H3,(H,25,29)/t16-,21+/m1/s1. The predicted molar refractivity (Wildman–Crippen MR) is 118 cm³/mol. The Labute approximate surface area is 181 Å². The number of morpholine rings is 1. The molecule has 0 spiro atoms. The van der Waals surface area contributed by atoms with Gasteiger partial charge in [0.1, 0.15) is 0 Å². The van der Waals surface area contributed by atoms with Crippen LogP contribution in [-0.2, 0) is 14.3 Å². The SMILES string of the molecule is C[C@H](C(=O)Nc1ccccc1N1CCCC1=O)N1CCO[C@H](c2ccc(Cl)cc2)C1. The smallest absolute Gasteiger partial charge is 0.241 e. The van der Waals surface area contributed by atoms with Crippen LogP contribution < -0.4 is 10.2 Å². The molecule has 158 valence electrons. The molecule has 0 radical (unpaired) electrons. The Morgan fingerprint density at radius 1 is 1.17 bits per heavy atom. The normalized spacial score (nSPS) is 20.9. The quantitative estimate of drug-likeness (QED) is 0.786. The summed E-state index contributed by atoms with van der Waals surface area (Å²) in [6, 6.07) is 14.8. The summed E-state index contributed by atoms with van der Waals surface area (Å²) in [5, 5.41) is 3.72. The molecule has 7 heteroatoms. The van der Waals surface area contributed by atoms with Crippen LogP contribution in [-0.4, -0.2) is 49.0 Å². The Morgan fingerprint density at radius 3 is 2.67 bits per heavy atom. The van der Waals surface area contributed by atoms with Gasteiger partial charge in [0.05, 0.1) is 30.1 Å². The minimum atomic E-state index is -0.328. The zero-order valence-electron chi connectivity index (χ0n) is 17.0. The van der Waals surface area contributed by atoms with E-state index >= 15 is 0 Å². The van der Waals surface area contributed by atoms with E-state index in [2.05, 4.69) is 10.2 Å². The maximum absolute atomic E-state index is 13.0. The molecule has 2 atom stereocenters. The number of ether oxygens (including phenoxy) is 1. The molecule has 6 nitrogen and oxygen atoms in total. The molecule has 2 aromatic rings. The third-order valence-electron chi connectivity index (χ3n) is 5.79. The van der Waals surface area contributed by atoms with Crippen molar-refractivity contribution in [2.24, 2.45) is 0 Å². The molecule has 2 amide bonds. The Hall–Kier alpha value is -2.41. The maximum atomic E-state index is 13.0. The molecule has 2 aromatic carbocycles. The van der Waals surface area contributed by atoms with E-state index in [1.807, 2.05) is 55.5 Å². The average Bonchev–Trinajstić information content (AvgIpc) is 3.20. The first-order valence-electron chi connectivity index (χ1n) is 10.3. The number of carbonyl (C=O) groups is 2. The second-order valence-electron chi connectivity index (χ2n) is 7.74. The van der Waals surface area contributed by atoms with E-state index in [-0.39, 0.29) is 24.0 Å². The van der Waals surface area contributed by atoms with E-state index in [1.165, 1.54) is 0 Å². The van der Waals surface area contributed by atoms with Crippen molar-refractivity contribution in [3.63, 3.8) is 0 Å². The van der Waals surface area contributed by atoms with Crippen molar-refractivity contribution >= 4 is 34.8 Å². The number of carbonyl (C=O) groups excluding carboxylic acids is 2. The highest BCUT2D eigenvalue weighted by Gasteiger charge is 2.30. The molecule has 0 saturated carbocycles. The van der Waals surface area contributed by atoms with E-state index in [4.69, 9.17) is 16.3 Å². The Morgan fingerprint density at radius 2 is 1.93 bits per heavy atom. The minimum absolute atomic E-state index is 0.0918. The highest BCUT2D eigenvalue weighted by Crippen LogP contribution is 2.30. The highest BCUT2D eigenvalue weighted by atomic mass is 35.5. The van der Waals surface area contributed by atoms with Gasteiger partial charge in [-0.25, -0.2) is 0 Å². The third kappa shape index (κ3) is 4.51. The van der Waals surface area contributed by atoms with Gasteiger partial charge < -0.3 is 15.0 Å². The summed E-state index contributed by atoms with van der Waals surface area (Å²) >= 11 is 5.99. The van der Waals surface area contributed by atoms with Gasteiger partial charge in [0.15, 0.2) is 0 Å². The van der Waals surface area contributed by atoms with Gasteiger partial charge in [-0.3, -0.25) is 14.5 Å². The third-order valence-corrected chi connectivity index (χ3v) is 6.04. The molecule has 2 heterocycles. The second-order valence-corrected chi connectivity index (χ2v) is 8.17. The molecule has 0 aliphatic carbocycles. The first kappa shape index (κ1) is 20.8. The summed E-state index contributed by atoms with van der Waals surface area (Å²) in [4.78, 5) is 29.1. The molecule has 2 saturated heterocycles. The molecule has 2 aliphatic rings. The number of halogens is 1. The lowest BCUT2D eigenvalue weighted by Crippen LogP contribution is -2.48. The van der Waals surface area contributed by atoms with Crippen LogP contribution >= 0.6 is 11.6 Å². The van der Waals surface area contributed by atoms with Gasteiger partial charge in [0, 0.05) is 31.1 Å². The fourth-order valence-corrected chi connectivity index (χ4v) is 4.15. The second kappa shape index (κ2) is 9.16. The van der Waals surface area contributed by atoms with Crippen LogP contribution in [0.3, 0.4) is 0 Å². The molecular formula is C23H26ClN3O3. The molecule has 0 aromatic heterocycles. The van der Waals surface area contributed by atoms with Crippen LogP contribution in [0.25, 0.3) is 0 Å². The Bertz CT molecular complexity index is 918. The van der Waals surface area contributed by atoms with Crippen molar-refractivity contribution in [1.29, 1.82) is 0 Å². The van der Waals surface area contributed by atoms with Gasteiger partial charge >= 0.3 is 0 Å². The van der Waals surface area contributed by atoms with Gasteiger partial charge in [-0.05, 0) is 43.2 Å². The van der Waals surface area contributed by atoms with E-state index < -0.39 is 0 Å². The lowest BCUT2D eigenvalue weighted by molar-refractivity contribution is -0.124. The van der Waals surface area contributed by atoms with Crippen molar-refractivity contribution < 1.29 is 14.3 Å². The number of nitrogens with zero attached hydrogens (tertiary/aromatic N) is 2. The van der Waals surface area contributed by atoms with E-state index in [1.54, 1.807) is 4.90 Å². The van der Waals surface area contributed by atoms with Crippen molar-refractivity contribution in [1.82, 2.24) is 4.90 Å². The van der Waals surface area contributed by atoms with Crippen molar-refractivity contribution in [3.05, 3.63) is 59.1 Å². The molecule has 0 bridgehead atoms. The highest BCUT2D eigenvalue weighted by molar-refractivity contribution is 6.30. The largest absolute Gasteiger partial charge is 0.371 e. The summed E-state index contributed by atoms with van der Waals surface area (Å²) in [5.74, 6) is 0.00888. The van der Waals surface area contributed by atoms with E-state index in [0.717, 1.165) is 17.7 Å². The fraction of sp³-hybridized carbons (Fsp3) is 0.391. The number of para-hydroxylation sites is 2. The number of hydrogen-bond acceptors (Lipinski definition) is 4. The molecule has 2 fully saturated rings. The number of anilines is 2. The van der Waals surface area contributed by atoms with Gasteiger partial charge in [0.2, 0.25) is 11.8 Å². The monoisotopic (exact) mass is 427 g/mol. The van der Waals surface area contributed by atoms with Gasteiger partial charge in [-0.2, -0.15) is 0 Å². The number of hydrogen-bond donors (Lipinski definition) is 1.